The Morgan fingerprint density at radius 3 is 2.38 bits per heavy atom. The lowest BCUT2D eigenvalue weighted by Crippen LogP contribution is -2.42. The van der Waals surface area contributed by atoms with E-state index < -0.39 is 17.3 Å². The molecule has 7 nitrogen and oxygen atoms in total. The molecule has 0 bridgehead atoms. The van der Waals surface area contributed by atoms with E-state index in [1.165, 1.54) is 4.57 Å². The van der Waals surface area contributed by atoms with Crippen molar-refractivity contribution in [3.8, 4) is 0 Å². The third kappa shape index (κ3) is 5.08. The summed E-state index contributed by atoms with van der Waals surface area (Å²) in [6.07, 6.45) is 4.55. The molecule has 1 amide bonds. The van der Waals surface area contributed by atoms with Crippen LogP contribution in [0.3, 0.4) is 0 Å². The first-order valence-corrected chi connectivity index (χ1v) is 10.1. The molecule has 0 aromatic carbocycles. The summed E-state index contributed by atoms with van der Waals surface area (Å²) in [5.41, 5.74) is 0.458. The lowest BCUT2D eigenvalue weighted by atomic mass is 9.91. The molecule has 2 aromatic rings. The van der Waals surface area contributed by atoms with Crippen LogP contribution in [0.2, 0.25) is 0 Å². The summed E-state index contributed by atoms with van der Waals surface area (Å²) in [6.45, 7) is 12.3. The first-order valence-electron chi connectivity index (χ1n) is 10.1. The van der Waals surface area contributed by atoms with E-state index in [1.807, 2.05) is 59.9 Å². The van der Waals surface area contributed by atoms with Crippen LogP contribution in [0.25, 0.3) is 11.0 Å². The highest BCUT2D eigenvalue weighted by molar-refractivity contribution is 5.90. The van der Waals surface area contributed by atoms with Crippen LogP contribution in [0, 0.1) is 0 Å². The van der Waals surface area contributed by atoms with Gasteiger partial charge in [0.15, 0.2) is 0 Å². The summed E-state index contributed by atoms with van der Waals surface area (Å²) in [6, 6.07) is 3.82. The summed E-state index contributed by atoms with van der Waals surface area (Å²) in [5, 5.41) is 0.911. The highest BCUT2D eigenvalue weighted by Crippen LogP contribution is 2.33. The van der Waals surface area contributed by atoms with Crippen molar-refractivity contribution in [1.82, 2.24) is 14.5 Å². The van der Waals surface area contributed by atoms with Gasteiger partial charge in [0.05, 0.1) is 0 Å². The third-order valence-electron chi connectivity index (χ3n) is 4.70. The molecule has 1 atom stereocenters. The molecule has 1 unspecified atom stereocenters. The second kappa shape index (κ2) is 7.69. The first kappa shape index (κ1) is 21.1. The number of carbonyl (C=O) groups is 2. The number of nitrogens with zero attached hydrogens (tertiary/aromatic N) is 3. The molecule has 2 aromatic heterocycles. The fourth-order valence-electron chi connectivity index (χ4n) is 3.58. The fraction of sp³-hybridized carbons (Fsp3) is 0.591. The highest BCUT2D eigenvalue weighted by Gasteiger charge is 2.31. The number of aromatic nitrogens is 2. The average molecular weight is 402 g/mol. The SMILES string of the molecule is CC(C)(C)OC(=O)N1CCCC(c2cn(C(=O)OC(C)(C)C)c3ncccc23)C1. The van der Waals surface area contributed by atoms with Gasteiger partial charge >= 0.3 is 12.2 Å². The minimum atomic E-state index is -0.596. The second-order valence-corrected chi connectivity index (χ2v) is 9.57. The van der Waals surface area contributed by atoms with Crippen LogP contribution in [0.4, 0.5) is 9.59 Å². The van der Waals surface area contributed by atoms with Crippen molar-refractivity contribution < 1.29 is 19.1 Å². The normalized spacial score (nSPS) is 18.0. The largest absolute Gasteiger partial charge is 0.444 e. The maximum Gasteiger partial charge on any atom is 0.420 e. The molecule has 0 radical (unpaired) electrons. The molecule has 1 saturated heterocycles. The monoisotopic (exact) mass is 401 g/mol. The Balaban J connectivity index is 1.89. The quantitative estimate of drug-likeness (QED) is 0.677. The van der Waals surface area contributed by atoms with Gasteiger partial charge in [-0.15, -0.1) is 0 Å². The van der Waals surface area contributed by atoms with Crippen molar-refractivity contribution in [2.45, 2.75) is 71.5 Å². The smallest absolute Gasteiger partial charge is 0.420 e. The standard InChI is InChI=1S/C22H31N3O4/c1-21(2,3)28-19(26)24-12-8-9-15(13-24)17-14-25(20(27)29-22(4,5)6)18-16(17)10-7-11-23-18/h7,10-11,14-15H,8-9,12-13H2,1-6H3. The van der Waals surface area contributed by atoms with Gasteiger partial charge in [0, 0.05) is 36.8 Å². The Hall–Kier alpha value is -2.57. The minimum absolute atomic E-state index is 0.103. The molecule has 1 aliphatic heterocycles. The van der Waals surface area contributed by atoms with Gasteiger partial charge in [0.1, 0.15) is 16.8 Å². The van der Waals surface area contributed by atoms with E-state index in [4.69, 9.17) is 9.47 Å². The Morgan fingerprint density at radius 1 is 1.07 bits per heavy atom. The van der Waals surface area contributed by atoms with Gasteiger partial charge in [-0.1, -0.05) is 0 Å². The number of rotatable bonds is 1. The second-order valence-electron chi connectivity index (χ2n) is 9.57. The molecular formula is C22H31N3O4. The van der Waals surface area contributed by atoms with Crippen LogP contribution >= 0.6 is 0 Å². The maximum absolute atomic E-state index is 12.7. The maximum atomic E-state index is 12.7. The molecule has 0 aliphatic carbocycles. The zero-order valence-electron chi connectivity index (χ0n) is 18.2. The Bertz CT molecular complexity index is 905. The molecule has 0 N–H and O–H groups in total. The summed E-state index contributed by atoms with van der Waals surface area (Å²) >= 11 is 0. The number of ether oxygens (including phenoxy) is 2. The topological polar surface area (TPSA) is 73.7 Å². The number of piperidine rings is 1. The number of carbonyl (C=O) groups excluding carboxylic acids is 2. The lowest BCUT2D eigenvalue weighted by Gasteiger charge is -2.34. The van der Waals surface area contributed by atoms with Crippen molar-refractivity contribution in [3.63, 3.8) is 0 Å². The molecule has 1 fully saturated rings. The average Bonchev–Trinajstić information content (AvgIpc) is 2.99. The highest BCUT2D eigenvalue weighted by atomic mass is 16.6. The number of likely N-dealkylation sites (tertiary alicyclic amines) is 1. The Kier molecular flexibility index (Phi) is 5.61. The zero-order valence-corrected chi connectivity index (χ0v) is 18.2. The van der Waals surface area contributed by atoms with Crippen LogP contribution in [-0.2, 0) is 9.47 Å². The van der Waals surface area contributed by atoms with Crippen LogP contribution in [-0.4, -0.2) is 50.9 Å². The first-order chi connectivity index (χ1) is 13.4. The third-order valence-corrected chi connectivity index (χ3v) is 4.70. The van der Waals surface area contributed by atoms with Gasteiger partial charge < -0.3 is 14.4 Å². The molecule has 0 saturated carbocycles. The number of amides is 1. The van der Waals surface area contributed by atoms with Gasteiger partial charge in [0.2, 0.25) is 0 Å². The van der Waals surface area contributed by atoms with Crippen molar-refractivity contribution in [3.05, 3.63) is 30.1 Å². The van der Waals surface area contributed by atoms with Gasteiger partial charge in [0.25, 0.3) is 0 Å². The zero-order chi connectivity index (χ0) is 21.4. The molecule has 3 rings (SSSR count). The van der Waals surface area contributed by atoms with E-state index in [0.717, 1.165) is 23.8 Å². The van der Waals surface area contributed by atoms with Crippen LogP contribution < -0.4 is 0 Å². The van der Waals surface area contributed by atoms with Crippen molar-refractivity contribution in [2.24, 2.45) is 0 Å². The predicted molar refractivity (Wildman–Crippen MR) is 111 cm³/mol. The van der Waals surface area contributed by atoms with Gasteiger partial charge in [-0.2, -0.15) is 0 Å². The van der Waals surface area contributed by atoms with E-state index >= 15 is 0 Å². The molecule has 3 heterocycles. The van der Waals surface area contributed by atoms with Crippen molar-refractivity contribution >= 4 is 23.2 Å². The van der Waals surface area contributed by atoms with Gasteiger partial charge in [-0.05, 0) is 72.1 Å². The van der Waals surface area contributed by atoms with Crippen LogP contribution in [0.15, 0.2) is 24.5 Å². The Labute approximate surface area is 172 Å². The van der Waals surface area contributed by atoms with Crippen molar-refractivity contribution in [1.29, 1.82) is 0 Å². The Morgan fingerprint density at radius 2 is 1.72 bits per heavy atom. The number of hydrogen-bond acceptors (Lipinski definition) is 5. The molecule has 1 aliphatic rings. The summed E-state index contributed by atoms with van der Waals surface area (Å²) in [5.74, 6) is 0.103. The summed E-state index contributed by atoms with van der Waals surface area (Å²) in [4.78, 5) is 31.4. The summed E-state index contributed by atoms with van der Waals surface area (Å²) < 4.78 is 12.6. The number of hydrogen-bond donors (Lipinski definition) is 0. The van der Waals surface area contributed by atoms with E-state index in [9.17, 15) is 9.59 Å². The molecular weight excluding hydrogens is 370 g/mol. The predicted octanol–water partition coefficient (Wildman–Crippen LogP) is 4.93. The summed E-state index contributed by atoms with van der Waals surface area (Å²) in [7, 11) is 0. The van der Waals surface area contributed by atoms with Crippen LogP contribution in [0.1, 0.15) is 65.9 Å². The minimum Gasteiger partial charge on any atom is -0.444 e. The molecule has 7 heteroatoms. The van der Waals surface area contributed by atoms with E-state index in [-0.39, 0.29) is 12.0 Å². The van der Waals surface area contributed by atoms with Gasteiger partial charge in [-0.3, -0.25) is 0 Å². The molecule has 0 spiro atoms. The van der Waals surface area contributed by atoms with E-state index in [2.05, 4.69) is 4.98 Å². The van der Waals surface area contributed by atoms with E-state index in [1.54, 1.807) is 11.1 Å². The van der Waals surface area contributed by atoms with Crippen molar-refractivity contribution in [2.75, 3.05) is 13.1 Å². The fourth-order valence-corrected chi connectivity index (χ4v) is 3.58. The number of pyridine rings is 1. The molecule has 29 heavy (non-hydrogen) atoms. The molecule has 158 valence electrons. The van der Waals surface area contributed by atoms with E-state index in [0.29, 0.717) is 18.7 Å². The van der Waals surface area contributed by atoms with Gasteiger partial charge in [-0.25, -0.2) is 19.1 Å². The lowest BCUT2D eigenvalue weighted by molar-refractivity contribution is 0.0198. The number of fused-ring (bicyclic) bond motifs is 1. The van der Waals surface area contributed by atoms with Crippen LogP contribution in [0.5, 0.6) is 0 Å².